The highest BCUT2D eigenvalue weighted by Gasteiger charge is 2.21. The van der Waals surface area contributed by atoms with Gasteiger partial charge in [0.15, 0.2) is 0 Å². The highest BCUT2D eigenvalue weighted by molar-refractivity contribution is 6.31. The lowest BCUT2D eigenvalue weighted by Gasteiger charge is -2.08. The van der Waals surface area contributed by atoms with Gasteiger partial charge < -0.3 is 9.47 Å². The molecule has 0 radical (unpaired) electrons. The van der Waals surface area contributed by atoms with Gasteiger partial charge in [-0.15, -0.1) is 0 Å². The summed E-state index contributed by atoms with van der Waals surface area (Å²) < 4.78 is 10.9. The second-order valence-corrected chi connectivity index (χ2v) is 5.63. The molecule has 0 saturated carbocycles. The highest BCUT2D eigenvalue weighted by atomic mass is 16.5. The summed E-state index contributed by atoms with van der Waals surface area (Å²) >= 11 is 0. The molecule has 1 aliphatic heterocycles. The zero-order valence-electron chi connectivity index (χ0n) is 13.6. The Bertz CT molecular complexity index is 856. The predicted molar refractivity (Wildman–Crippen MR) is 90.8 cm³/mol. The van der Waals surface area contributed by atoms with E-state index in [0.717, 1.165) is 28.3 Å². The molecule has 2 aromatic rings. The Morgan fingerprint density at radius 1 is 1.26 bits per heavy atom. The number of allylic oxidation sites excluding steroid dienone is 1. The summed E-state index contributed by atoms with van der Waals surface area (Å²) in [6.45, 7) is 5.73. The van der Waals surface area contributed by atoms with Gasteiger partial charge in [-0.25, -0.2) is 0 Å². The van der Waals surface area contributed by atoms with Crippen molar-refractivity contribution in [3.63, 3.8) is 0 Å². The van der Waals surface area contributed by atoms with Crippen LogP contribution >= 0.6 is 0 Å². The van der Waals surface area contributed by atoms with Crippen LogP contribution < -0.4 is 15.0 Å². The Morgan fingerprint density at radius 2 is 2.04 bits per heavy atom. The van der Waals surface area contributed by atoms with Crippen molar-refractivity contribution < 1.29 is 9.47 Å². The third-order valence-electron chi connectivity index (χ3n) is 3.59. The average molecular weight is 313 g/mol. The van der Waals surface area contributed by atoms with E-state index in [4.69, 9.17) is 9.47 Å². The number of rotatable bonds is 4. The first-order valence-corrected chi connectivity index (χ1v) is 7.42. The van der Waals surface area contributed by atoms with E-state index in [1.165, 1.54) is 0 Å². The number of nitrogens with one attached hydrogen (secondary N) is 2. The van der Waals surface area contributed by atoms with Crippen molar-refractivity contribution in [3.8, 4) is 11.6 Å². The molecule has 2 N–H and O–H groups in total. The summed E-state index contributed by atoms with van der Waals surface area (Å²) in [4.78, 5) is 16.6. The van der Waals surface area contributed by atoms with Crippen molar-refractivity contribution in [2.75, 3.05) is 7.11 Å². The van der Waals surface area contributed by atoms with Gasteiger partial charge in [-0.1, -0.05) is 0 Å². The lowest BCUT2D eigenvalue weighted by atomic mass is 10.0. The lowest BCUT2D eigenvalue weighted by molar-refractivity contribution is 0.232. The van der Waals surface area contributed by atoms with E-state index in [1.807, 2.05) is 39.0 Å². The number of nitrogens with zero attached hydrogens (tertiary/aromatic N) is 1. The van der Waals surface area contributed by atoms with Crippen molar-refractivity contribution in [3.05, 3.63) is 39.7 Å². The number of aromatic amines is 2. The topological polar surface area (TPSA) is 79.5 Å². The number of aromatic nitrogens is 2. The number of hydrogen-bond donors (Lipinski definition) is 2. The van der Waals surface area contributed by atoms with Crippen LogP contribution in [0.25, 0.3) is 11.6 Å². The molecule has 0 unspecified atom stereocenters. The number of fused-ring (bicyclic) bond motifs is 1. The van der Waals surface area contributed by atoms with Gasteiger partial charge in [0, 0.05) is 16.8 Å². The van der Waals surface area contributed by atoms with E-state index in [1.54, 1.807) is 13.2 Å². The SMILES string of the molecule is COc1ccc2c(c1)C(=Cc1c(OC(C)C)[nH][nH]c1=O)C(C)=N2. The van der Waals surface area contributed by atoms with Gasteiger partial charge in [-0.2, -0.15) is 0 Å². The highest BCUT2D eigenvalue weighted by Crippen LogP contribution is 2.38. The van der Waals surface area contributed by atoms with Crippen LogP contribution in [0.2, 0.25) is 0 Å². The fourth-order valence-corrected chi connectivity index (χ4v) is 2.53. The monoisotopic (exact) mass is 313 g/mol. The molecule has 0 saturated heterocycles. The van der Waals surface area contributed by atoms with Crippen LogP contribution in [0.3, 0.4) is 0 Å². The summed E-state index contributed by atoms with van der Waals surface area (Å²) in [6, 6.07) is 5.70. The Hall–Kier alpha value is -2.76. The number of hydrogen-bond acceptors (Lipinski definition) is 4. The first-order chi connectivity index (χ1) is 11.0. The largest absolute Gasteiger partial charge is 0.497 e. The smallest absolute Gasteiger partial charge is 0.275 e. The minimum absolute atomic E-state index is 0.0377. The van der Waals surface area contributed by atoms with E-state index in [-0.39, 0.29) is 11.7 Å². The molecule has 0 aliphatic carbocycles. The summed E-state index contributed by atoms with van der Waals surface area (Å²) in [5.74, 6) is 1.18. The van der Waals surface area contributed by atoms with Crippen molar-refractivity contribution in [2.45, 2.75) is 26.9 Å². The van der Waals surface area contributed by atoms with Gasteiger partial charge in [0.2, 0.25) is 5.88 Å². The quantitative estimate of drug-likeness (QED) is 0.910. The number of H-pyrrole nitrogens is 2. The van der Waals surface area contributed by atoms with Gasteiger partial charge in [0.05, 0.1) is 18.9 Å². The minimum Gasteiger partial charge on any atom is -0.497 e. The van der Waals surface area contributed by atoms with Crippen molar-refractivity contribution in [2.24, 2.45) is 4.99 Å². The van der Waals surface area contributed by atoms with E-state index in [9.17, 15) is 4.79 Å². The summed E-state index contributed by atoms with van der Waals surface area (Å²) in [5, 5.41) is 5.34. The number of benzene rings is 1. The normalized spacial score (nSPS) is 15.0. The summed E-state index contributed by atoms with van der Waals surface area (Å²) in [6.07, 6.45) is 1.77. The zero-order valence-corrected chi connectivity index (χ0v) is 13.6. The molecule has 0 bridgehead atoms. The second kappa shape index (κ2) is 5.79. The molecule has 1 aromatic carbocycles. The second-order valence-electron chi connectivity index (χ2n) is 5.63. The first-order valence-electron chi connectivity index (χ1n) is 7.42. The molecule has 0 atom stereocenters. The molecule has 1 aliphatic rings. The summed E-state index contributed by atoms with van der Waals surface area (Å²) in [7, 11) is 1.62. The van der Waals surface area contributed by atoms with Crippen LogP contribution in [0.5, 0.6) is 11.6 Å². The van der Waals surface area contributed by atoms with Gasteiger partial charge >= 0.3 is 0 Å². The fourth-order valence-electron chi connectivity index (χ4n) is 2.53. The van der Waals surface area contributed by atoms with E-state index >= 15 is 0 Å². The molecule has 23 heavy (non-hydrogen) atoms. The average Bonchev–Trinajstić information content (AvgIpc) is 3.00. The molecule has 6 heteroatoms. The van der Waals surface area contributed by atoms with Crippen LogP contribution in [0.15, 0.2) is 28.0 Å². The molecule has 0 spiro atoms. The van der Waals surface area contributed by atoms with Gasteiger partial charge in [0.1, 0.15) is 11.3 Å². The molecule has 6 nitrogen and oxygen atoms in total. The number of ether oxygens (including phenoxy) is 2. The van der Waals surface area contributed by atoms with Crippen molar-refractivity contribution in [1.29, 1.82) is 0 Å². The number of methoxy groups -OCH3 is 1. The molecule has 1 aromatic heterocycles. The Balaban J connectivity index is 2.10. The predicted octanol–water partition coefficient (Wildman–Crippen LogP) is 3.15. The van der Waals surface area contributed by atoms with Crippen LogP contribution in [-0.4, -0.2) is 29.1 Å². The summed E-state index contributed by atoms with van der Waals surface area (Å²) in [5.41, 5.74) is 3.78. The molecule has 0 fully saturated rings. The van der Waals surface area contributed by atoms with E-state index in [2.05, 4.69) is 15.2 Å². The van der Waals surface area contributed by atoms with E-state index < -0.39 is 0 Å². The lowest BCUT2D eigenvalue weighted by Crippen LogP contribution is -2.08. The van der Waals surface area contributed by atoms with Crippen LogP contribution in [0.1, 0.15) is 31.9 Å². The first kappa shape index (κ1) is 15.1. The van der Waals surface area contributed by atoms with E-state index in [0.29, 0.717) is 11.4 Å². The third-order valence-corrected chi connectivity index (χ3v) is 3.59. The van der Waals surface area contributed by atoms with Gasteiger partial charge in [-0.3, -0.25) is 20.0 Å². The zero-order chi connectivity index (χ0) is 16.6. The van der Waals surface area contributed by atoms with Crippen LogP contribution in [-0.2, 0) is 0 Å². The minimum atomic E-state index is -0.225. The van der Waals surface area contributed by atoms with Crippen LogP contribution in [0.4, 0.5) is 5.69 Å². The maximum Gasteiger partial charge on any atom is 0.275 e. The Labute approximate surface area is 133 Å². The standard InChI is InChI=1S/C17H19N3O3/c1-9(2)23-17-14(16(21)19-20-17)8-12-10(3)18-15-6-5-11(22-4)7-13(12)15/h5-9H,1-4H3,(H2,19,20,21). The van der Waals surface area contributed by atoms with Gasteiger partial charge in [-0.05, 0) is 45.0 Å². The molecule has 2 heterocycles. The maximum atomic E-state index is 12.1. The molecule has 120 valence electrons. The van der Waals surface area contributed by atoms with Crippen molar-refractivity contribution >= 4 is 23.0 Å². The van der Waals surface area contributed by atoms with Crippen LogP contribution in [0, 0.1) is 0 Å². The third kappa shape index (κ3) is 2.79. The molecular weight excluding hydrogens is 294 g/mol. The van der Waals surface area contributed by atoms with Gasteiger partial charge in [0.25, 0.3) is 5.56 Å². The molecule has 0 amide bonds. The fraction of sp³-hybridized carbons (Fsp3) is 0.294. The maximum absolute atomic E-state index is 12.1. The molecular formula is C17H19N3O3. The Morgan fingerprint density at radius 3 is 2.74 bits per heavy atom. The Kier molecular flexibility index (Phi) is 3.82. The number of aliphatic imine (C=N–C) groups is 1. The molecule has 3 rings (SSSR count). The van der Waals surface area contributed by atoms with Crippen molar-refractivity contribution in [1.82, 2.24) is 10.2 Å².